The van der Waals surface area contributed by atoms with Crippen molar-refractivity contribution in [1.29, 1.82) is 0 Å². The number of hydrogen-bond acceptors (Lipinski definition) is 6. The first kappa shape index (κ1) is 22.7. The van der Waals surface area contributed by atoms with E-state index in [0.29, 0.717) is 50.4 Å². The highest BCUT2D eigenvalue weighted by molar-refractivity contribution is 7.22. The summed E-state index contributed by atoms with van der Waals surface area (Å²) in [6, 6.07) is 6.35. The first-order chi connectivity index (χ1) is 13.5. The predicted octanol–water partition coefficient (Wildman–Crippen LogP) is 5.20. The van der Waals surface area contributed by atoms with E-state index < -0.39 is 5.82 Å². The van der Waals surface area contributed by atoms with Crippen LogP contribution in [0.4, 0.5) is 9.52 Å². The first-order valence-corrected chi connectivity index (χ1v) is 11.0. The molecule has 1 amide bonds. The molecule has 156 valence electrons. The molecule has 0 N–H and O–H groups in total. The number of carbonyl (C=O) groups excluding carboxylic acids is 1. The lowest BCUT2D eigenvalue weighted by molar-refractivity contribution is 0.0391. The Hall–Kier alpha value is -1.00. The molecule has 0 bridgehead atoms. The Bertz CT molecular complexity index is 1010. The van der Waals surface area contributed by atoms with Gasteiger partial charge in [0.1, 0.15) is 15.7 Å². The second kappa shape index (κ2) is 9.87. The Kier molecular flexibility index (Phi) is 7.72. The lowest BCUT2D eigenvalue weighted by Crippen LogP contribution is -2.43. The Morgan fingerprint density at radius 3 is 2.69 bits per heavy atom. The summed E-state index contributed by atoms with van der Waals surface area (Å²) < 4.78 is 20.9. The van der Waals surface area contributed by atoms with Gasteiger partial charge in [-0.25, -0.2) is 9.37 Å². The van der Waals surface area contributed by atoms with Crippen molar-refractivity contribution in [1.82, 2.24) is 9.88 Å². The molecule has 1 aliphatic heterocycles. The van der Waals surface area contributed by atoms with E-state index in [1.54, 1.807) is 23.1 Å². The highest BCUT2D eigenvalue weighted by Crippen LogP contribution is 2.35. The number of aromatic nitrogens is 1. The second-order valence-electron chi connectivity index (χ2n) is 6.23. The number of amides is 1. The molecule has 0 aliphatic carbocycles. The number of nitrogens with zero attached hydrogens (tertiary/aromatic N) is 3. The third-order valence-corrected chi connectivity index (χ3v) is 7.00. The molecule has 1 aromatic carbocycles. The Morgan fingerprint density at radius 2 is 2.03 bits per heavy atom. The SMILES string of the molecule is Cl.O=C(c1cc(Cl)sc1Cl)N(CCN1CCOCC1)c1nc2c(F)cccc2s1. The summed E-state index contributed by atoms with van der Waals surface area (Å²) in [6.45, 7) is 4.02. The van der Waals surface area contributed by atoms with Crippen molar-refractivity contribution < 1.29 is 13.9 Å². The van der Waals surface area contributed by atoms with Gasteiger partial charge in [0.25, 0.3) is 5.91 Å². The van der Waals surface area contributed by atoms with Crippen LogP contribution in [0, 0.1) is 5.82 Å². The highest BCUT2D eigenvalue weighted by Gasteiger charge is 2.26. The van der Waals surface area contributed by atoms with Crippen LogP contribution in [0.1, 0.15) is 10.4 Å². The maximum atomic E-state index is 14.1. The van der Waals surface area contributed by atoms with Gasteiger partial charge in [-0.05, 0) is 18.2 Å². The van der Waals surface area contributed by atoms with Gasteiger partial charge in [-0.2, -0.15) is 0 Å². The van der Waals surface area contributed by atoms with Gasteiger partial charge in [-0.1, -0.05) is 40.6 Å². The Morgan fingerprint density at radius 1 is 1.28 bits per heavy atom. The summed E-state index contributed by atoms with van der Waals surface area (Å²) in [6.07, 6.45) is 0. The molecule has 0 radical (unpaired) electrons. The van der Waals surface area contributed by atoms with Gasteiger partial charge in [-0.3, -0.25) is 14.6 Å². The lowest BCUT2D eigenvalue weighted by Gasteiger charge is -2.29. The first-order valence-electron chi connectivity index (χ1n) is 8.65. The van der Waals surface area contributed by atoms with Crippen LogP contribution in [-0.2, 0) is 4.74 Å². The van der Waals surface area contributed by atoms with Crippen LogP contribution in [0.25, 0.3) is 10.2 Å². The normalized spacial score (nSPS) is 14.7. The molecule has 11 heteroatoms. The van der Waals surface area contributed by atoms with Gasteiger partial charge >= 0.3 is 0 Å². The van der Waals surface area contributed by atoms with E-state index in [2.05, 4.69) is 9.88 Å². The smallest absolute Gasteiger partial charge is 0.262 e. The molecular weight excluding hydrogens is 480 g/mol. The van der Waals surface area contributed by atoms with E-state index in [0.717, 1.165) is 24.4 Å². The number of carbonyl (C=O) groups is 1. The second-order valence-corrected chi connectivity index (χ2v) is 9.53. The lowest BCUT2D eigenvalue weighted by atomic mass is 10.3. The molecule has 1 saturated heterocycles. The monoisotopic (exact) mass is 495 g/mol. The zero-order valence-electron chi connectivity index (χ0n) is 15.1. The van der Waals surface area contributed by atoms with Gasteiger partial charge in [0.2, 0.25) is 0 Å². The number of fused-ring (bicyclic) bond motifs is 1. The molecule has 3 heterocycles. The predicted molar refractivity (Wildman–Crippen MR) is 120 cm³/mol. The summed E-state index contributed by atoms with van der Waals surface area (Å²) in [5, 5.41) is 0.441. The minimum absolute atomic E-state index is 0. The molecular formula is C18H17Cl3FN3O2S2. The summed E-state index contributed by atoms with van der Waals surface area (Å²) in [5.41, 5.74) is 0.597. The standard InChI is InChI=1S/C18H16Cl2FN3O2S2.ClH/c19-14-10-11(16(20)28-14)17(25)24(5-4-23-6-8-26-9-7-23)18-22-15-12(21)2-1-3-13(15)27-18;/h1-3,10H,4-9H2;1H. The van der Waals surface area contributed by atoms with Gasteiger partial charge in [0.15, 0.2) is 5.13 Å². The van der Waals surface area contributed by atoms with Crippen molar-refractivity contribution in [2.24, 2.45) is 0 Å². The van der Waals surface area contributed by atoms with Crippen LogP contribution in [-0.4, -0.2) is 55.2 Å². The Balaban J connectivity index is 0.00000240. The number of thiazole rings is 1. The van der Waals surface area contributed by atoms with Crippen molar-refractivity contribution >= 4 is 79.5 Å². The van der Waals surface area contributed by atoms with E-state index >= 15 is 0 Å². The topological polar surface area (TPSA) is 45.7 Å². The fourth-order valence-electron chi connectivity index (χ4n) is 3.00. The van der Waals surface area contributed by atoms with E-state index in [4.69, 9.17) is 27.9 Å². The number of hydrogen-bond donors (Lipinski definition) is 0. The number of ether oxygens (including phenoxy) is 1. The number of anilines is 1. The average molecular weight is 497 g/mol. The number of thiophene rings is 1. The third kappa shape index (κ3) is 5.02. The molecule has 5 nitrogen and oxygen atoms in total. The van der Waals surface area contributed by atoms with Crippen molar-refractivity contribution in [3.8, 4) is 0 Å². The quantitative estimate of drug-likeness (QED) is 0.487. The van der Waals surface area contributed by atoms with Crippen molar-refractivity contribution in [3.05, 3.63) is 44.3 Å². The summed E-state index contributed by atoms with van der Waals surface area (Å²) in [7, 11) is 0. The highest BCUT2D eigenvalue weighted by atomic mass is 35.5. The molecule has 1 fully saturated rings. The fraction of sp³-hybridized carbons (Fsp3) is 0.333. The maximum absolute atomic E-state index is 14.1. The fourth-order valence-corrected chi connectivity index (χ4v) is 5.45. The van der Waals surface area contributed by atoms with Crippen LogP contribution >= 0.6 is 58.3 Å². The third-order valence-electron chi connectivity index (χ3n) is 4.47. The van der Waals surface area contributed by atoms with E-state index in [1.165, 1.54) is 17.4 Å². The number of benzene rings is 1. The molecule has 29 heavy (non-hydrogen) atoms. The van der Waals surface area contributed by atoms with Crippen LogP contribution in [0.15, 0.2) is 24.3 Å². The number of para-hydroxylation sites is 1. The number of morpholine rings is 1. The van der Waals surface area contributed by atoms with Gasteiger partial charge in [-0.15, -0.1) is 23.7 Å². The van der Waals surface area contributed by atoms with Gasteiger partial charge in [0, 0.05) is 26.2 Å². The average Bonchev–Trinajstić information content (AvgIpc) is 3.26. The summed E-state index contributed by atoms with van der Waals surface area (Å²) in [5.74, 6) is -0.696. The molecule has 2 aromatic heterocycles. The minimum Gasteiger partial charge on any atom is -0.379 e. The molecule has 0 atom stereocenters. The summed E-state index contributed by atoms with van der Waals surface area (Å²) >= 11 is 14.7. The van der Waals surface area contributed by atoms with Crippen molar-refractivity contribution in [2.45, 2.75) is 0 Å². The van der Waals surface area contributed by atoms with E-state index in [-0.39, 0.29) is 23.8 Å². The molecule has 3 aromatic rings. The maximum Gasteiger partial charge on any atom is 0.262 e. The number of rotatable bonds is 5. The van der Waals surface area contributed by atoms with Crippen molar-refractivity contribution in [2.75, 3.05) is 44.3 Å². The molecule has 0 spiro atoms. The Labute approximate surface area is 191 Å². The number of halogens is 4. The van der Waals surface area contributed by atoms with E-state index in [1.807, 2.05) is 0 Å². The van der Waals surface area contributed by atoms with Crippen LogP contribution in [0.5, 0.6) is 0 Å². The van der Waals surface area contributed by atoms with Crippen LogP contribution in [0.3, 0.4) is 0 Å². The molecule has 0 unspecified atom stereocenters. The van der Waals surface area contributed by atoms with Gasteiger partial charge < -0.3 is 4.74 Å². The largest absolute Gasteiger partial charge is 0.379 e. The van der Waals surface area contributed by atoms with Crippen LogP contribution in [0.2, 0.25) is 8.67 Å². The van der Waals surface area contributed by atoms with E-state index in [9.17, 15) is 9.18 Å². The molecule has 4 rings (SSSR count). The van der Waals surface area contributed by atoms with Crippen molar-refractivity contribution in [3.63, 3.8) is 0 Å². The molecule has 0 saturated carbocycles. The van der Waals surface area contributed by atoms with Gasteiger partial charge in [0.05, 0.1) is 27.8 Å². The minimum atomic E-state index is -0.405. The molecule has 1 aliphatic rings. The summed E-state index contributed by atoms with van der Waals surface area (Å²) in [4.78, 5) is 21.4. The zero-order valence-corrected chi connectivity index (χ0v) is 19.0. The zero-order chi connectivity index (χ0) is 19.7. The van der Waals surface area contributed by atoms with Crippen LogP contribution < -0.4 is 4.90 Å².